The zero-order valence-electron chi connectivity index (χ0n) is 12.3. The summed E-state index contributed by atoms with van der Waals surface area (Å²) in [5, 5.41) is 0. The minimum absolute atomic E-state index is 0.334. The van der Waals surface area contributed by atoms with Crippen molar-refractivity contribution in [3.8, 4) is 5.75 Å². The standard InChI is InChI=1S/C16H26N2O/c1-12-8-9-18(11-13(12)2)16(10-17)14-4-6-15(19-3)7-5-14/h4-7,12-13,16H,8-11,17H2,1-3H3. The number of ether oxygens (including phenoxy) is 1. The second-order valence-electron chi connectivity index (χ2n) is 5.76. The van der Waals surface area contributed by atoms with Crippen molar-refractivity contribution in [1.82, 2.24) is 4.90 Å². The Morgan fingerprint density at radius 1 is 1.26 bits per heavy atom. The normalized spacial score (nSPS) is 26.1. The summed E-state index contributed by atoms with van der Waals surface area (Å²) in [5.74, 6) is 2.48. The largest absolute Gasteiger partial charge is 0.497 e. The maximum Gasteiger partial charge on any atom is 0.118 e. The minimum atomic E-state index is 0.334. The van der Waals surface area contributed by atoms with Crippen LogP contribution in [0.4, 0.5) is 0 Å². The van der Waals surface area contributed by atoms with Crippen LogP contribution in [0.3, 0.4) is 0 Å². The first-order chi connectivity index (χ1) is 9.15. The average molecular weight is 262 g/mol. The van der Waals surface area contributed by atoms with Crippen LogP contribution in [0.15, 0.2) is 24.3 Å². The Hall–Kier alpha value is -1.06. The van der Waals surface area contributed by atoms with Gasteiger partial charge in [-0.3, -0.25) is 4.90 Å². The molecule has 0 spiro atoms. The van der Waals surface area contributed by atoms with Gasteiger partial charge in [-0.15, -0.1) is 0 Å². The van der Waals surface area contributed by atoms with Crippen molar-refractivity contribution in [3.05, 3.63) is 29.8 Å². The van der Waals surface area contributed by atoms with Crippen LogP contribution < -0.4 is 10.5 Å². The van der Waals surface area contributed by atoms with Gasteiger partial charge in [-0.05, 0) is 42.5 Å². The fourth-order valence-electron chi connectivity index (χ4n) is 2.90. The van der Waals surface area contributed by atoms with Gasteiger partial charge in [0.05, 0.1) is 7.11 Å². The lowest BCUT2D eigenvalue weighted by atomic mass is 9.87. The number of nitrogens with two attached hydrogens (primary N) is 1. The third-order valence-corrected chi connectivity index (χ3v) is 4.53. The van der Waals surface area contributed by atoms with Crippen molar-refractivity contribution in [2.24, 2.45) is 17.6 Å². The first-order valence-corrected chi connectivity index (χ1v) is 7.23. The van der Waals surface area contributed by atoms with Gasteiger partial charge in [-0.2, -0.15) is 0 Å². The summed E-state index contributed by atoms with van der Waals surface area (Å²) in [5.41, 5.74) is 7.31. The predicted molar refractivity (Wildman–Crippen MR) is 79.3 cm³/mol. The van der Waals surface area contributed by atoms with Gasteiger partial charge in [0, 0.05) is 19.1 Å². The second-order valence-corrected chi connectivity index (χ2v) is 5.76. The Morgan fingerprint density at radius 3 is 2.47 bits per heavy atom. The molecule has 3 unspecified atom stereocenters. The Morgan fingerprint density at radius 2 is 1.95 bits per heavy atom. The summed E-state index contributed by atoms with van der Waals surface area (Å²) in [7, 11) is 1.70. The molecule has 0 aromatic heterocycles. The third kappa shape index (κ3) is 3.28. The van der Waals surface area contributed by atoms with E-state index in [9.17, 15) is 0 Å². The molecule has 1 heterocycles. The number of likely N-dealkylation sites (tertiary alicyclic amines) is 1. The van der Waals surface area contributed by atoms with Crippen LogP contribution >= 0.6 is 0 Å². The quantitative estimate of drug-likeness (QED) is 0.906. The van der Waals surface area contributed by atoms with E-state index < -0.39 is 0 Å². The van der Waals surface area contributed by atoms with Crippen molar-refractivity contribution < 1.29 is 4.74 Å². The summed E-state index contributed by atoms with van der Waals surface area (Å²) in [6.45, 7) is 7.67. The molecular weight excluding hydrogens is 236 g/mol. The van der Waals surface area contributed by atoms with Crippen LogP contribution in [-0.4, -0.2) is 31.6 Å². The van der Waals surface area contributed by atoms with E-state index in [1.54, 1.807) is 7.11 Å². The number of piperidine rings is 1. The Bertz CT molecular complexity index is 390. The van der Waals surface area contributed by atoms with Gasteiger partial charge < -0.3 is 10.5 Å². The maximum absolute atomic E-state index is 6.01. The first-order valence-electron chi connectivity index (χ1n) is 7.23. The SMILES string of the molecule is COc1ccc(C(CN)N2CCC(C)C(C)C2)cc1. The van der Waals surface area contributed by atoms with Crippen molar-refractivity contribution in [1.29, 1.82) is 0 Å². The molecule has 2 rings (SSSR count). The number of rotatable bonds is 4. The molecule has 106 valence electrons. The van der Waals surface area contributed by atoms with Crippen LogP contribution in [0.5, 0.6) is 5.75 Å². The molecule has 0 amide bonds. The van der Waals surface area contributed by atoms with E-state index in [4.69, 9.17) is 10.5 Å². The van der Waals surface area contributed by atoms with Gasteiger partial charge in [0.15, 0.2) is 0 Å². The molecule has 0 aliphatic carbocycles. The van der Waals surface area contributed by atoms with Crippen molar-refractivity contribution in [2.75, 3.05) is 26.7 Å². The van der Waals surface area contributed by atoms with Gasteiger partial charge in [-0.1, -0.05) is 26.0 Å². The van der Waals surface area contributed by atoms with Gasteiger partial charge in [0.2, 0.25) is 0 Å². The highest BCUT2D eigenvalue weighted by Gasteiger charge is 2.27. The van der Waals surface area contributed by atoms with Crippen LogP contribution in [0.2, 0.25) is 0 Å². The minimum Gasteiger partial charge on any atom is -0.497 e. The molecule has 1 aliphatic rings. The average Bonchev–Trinajstić information content (AvgIpc) is 2.44. The van der Waals surface area contributed by atoms with Crippen LogP contribution in [0.1, 0.15) is 31.9 Å². The van der Waals surface area contributed by atoms with Gasteiger partial charge in [0.25, 0.3) is 0 Å². The number of hydrogen-bond acceptors (Lipinski definition) is 3. The number of nitrogens with zero attached hydrogens (tertiary/aromatic N) is 1. The highest BCUT2D eigenvalue weighted by Crippen LogP contribution is 2.29. The summed E-state index contributed by atoms with van der Waals surface area (Å²) in [6, 6.07) is 8.65. The van der Waals surface area contributed by atoms with Crippen molar-refractivity contribution >= 4 is 0 Å². The molecule has 1 aromatic carbocycles. The number of methoxy groups -OCH3 is 1. The molecule has 3 nitrogen and oxygen atoms in total. The van der Waals surface area contributed by atoms with Crippen molar-refractivity contribution in [3.63, 3.8) is 0 Å². The fraction of sp³-hybridized carbons (Fsp3) is 0.625. The summed E-state index contributed by atoms with van der Waals surface area (Å²) in [4.78, 5) is 2.53. The van der Waals surface area contributed by atoms with Crippen LogP contribution in [0.25, 0.3) is 0 Å². The molecule has 1 saturated heterocycles. The molecule has 0 radical (unpaired) electrons. The molecule has 0 bridgehead atoms. The molecule has 1 aromatic rings. The smallest absolute Gasteiger partial charge is 0.118 e. The van der Waals surface area contributed by atoms with Crippen LogP contribution in [-0.2, 0) is 0 Å². The number of benzene rings is 1. The first kappa shape index (κ1) is 14.4. The third-order valence-electron chi connectivity index (χ3n) is 4.53. The second kappa shape index (κ2) is 6.40. The molecule has 3 heteroatoms. The van der Waals surface area contributed by atoms with E-state index in [1.165, 1.54) is 12.0 Å². The van der Waals surface area contributed by atoms with E-state index in [2.05, 4.69) is 30.9 Å². The Kier molecular flexibility index (Phi) is 4.83. The monoisotopic (exact) mass is 262 g/mol. The molecule has 2 N–H and O–H groups in total. The lowest BCUT2D eigenvalue weighted by Crippen LogP contribution is -2.43. The Labute approximate surface area is 116 Å². The summed E-state index contributed by atoms with van der Waals surface area (Å²) >= 11 is 0. The predicted octanol–water partition coefficient (Wildman–Crippen LogP) is 2.67. The lowest BCUT2D eigenvalue weighted by molar-refractivity contribution is 0.0983. The Balaban J connectivity index is 2.10. The number of hydrogen-bond donors (Lipinski definition) is 1. The molecule has 19 heavy (non-hydrogen) atoms. The zero-order valence-corrected chi connectivity index (χ0v) is 12.3. The topological polar surface area (TPSA) is 38.5 Å². The van der Waals surface area contributed by atoms with E-state index in [1.807, 2.05) is 12.1 Å². The highest BCUT2D eigenvalue weighted by atomic mass is 16.5. The zero-order chi connectivity index (χ0) is 13.8. The molecule has 0 saturated carbocycles. The van der Waals surface area contributed by atoms with Crippen LogP contribution in [0, 0.1) is 11.8 Å². The van der Waals surface area contributed by atoms with E-state index in [-0.39, 0.29) is 0 Å². The fourth-order valence-corrected chi connectivity index (χ4v) is 2.90. The molecule has 1 aliphatic heterocycles. The lowest BCUT2D eigenvalue weighted by Gasteiger charge is -2.40. The van der Waals surface area contributed by atoms with Gasteiger partial charge in [0.1, 0.15) is 5.75 Å². The summed E-state index contributed by atoms with van der Waals surface area (Å²) < 4.78 is 5.21. The summed E-state index contributed by atoms with van der Waals surface area (Å²) in [6.07, 6.45) is 1.27. The van der Waals surface area contributed by atoms with E-state index in [0.717, 1.165) is 30.7 Å². The van der Waals surface area contributed by atoms with Crippen molar-refractivity contribution in [2.45, 2.75) is 26.3 Å². The van der Waals surface area contributed by atoms with E-state index >= 15 is 0 Å². The molecule has 1 fully saturated rings. The molecule has 3 atom stereocenters. The van der Waals surface area contributed by atoms with Gasteiger partial charge >= 0.3 is 0 Å². The highest BCUT2D eigenvalue weighted by molar-refractivity contribution is 5.29. The van der Waals surface area contributed by atoms with E-state index in [0.29, 0.717) is 12.6 Å². The molecular formula is C16H26N2O. The van der Waals surface area contributed by atoms with Gasteiger partial charge in [-0.25, -0.2) is 0 Å². The maximum atomic E-state index is 6.01.